The van der Waals surface area contributed by atoms with Gasteiger partial charge in [0.25, 0.3) is 0 Å². The Kier molecular flexibility index (Phi) is 5.52. The van der Waals surface area contributed by atoms with Crippen molar-refractivity contribution >= 4 is 23.5 Å². The second kappa shape index (κ2) is 7.38. The summed E-state index contributed by atoms with van der Waals surface area (Å²) in [4.78, 5) is 0. The quantitative estimate of drug-likeness (QED) is 0.451. The maximum atomic E-state index is 9.72. The van der Waals surface area contributed by atoms with E-state index in [2.05, 4.69) is 15.8 Å². The number of hydrazone groups is 1. The first-order valence-electron chi connectivity index (χ1n) is 7.05. The number of thiocarbonyl (C=S) groups is 1. The van der Waals surface area contributed by atoms with Crippen molar-refractivity contribution < 1.29 is 9.84 Å². The van der Waals surface area contributed by atoms with E-state index >= 15 is 0 Å². The predicted molar refractivity (Wildman–Crippen MR) is 87.9 cm³/mol. The molecule has 0 aromatic heterocycles. The van der Waals surface area contributed by atoms with Gasteiger partial charge in [-0.3, -0.25) is 5.43 Å². The molecule has 1 aromatic carbocycles. The first kappa shape index (κ1) is 15.7. The fraction of sp³-hybridized carbons (Fsp3) is 0.467. The molecule has 6 heteroatoms. The first-order valence-corrected chi connectivity index (χ1v) is 7.46. The zero-order chi connectivity index (χ0) is 15.2. The van der Waals surface area contributed by atoms with Crippen molar-refractivity contribution in [2.24, 2.45) is 5.10 Å². The molecule has 114 valence electrons. The lowest BCUT2D eigenvalue weighted by Crippen LogP contribution is -2.37. The average molecular weight is 307 g/mol. The second-order valence-electron chi connectivity index (χ2n) is 5.22. The number of phenols is 1. The summed E-state index contributed by atoms with van der Waals surface area (Å²) in [6.07, 6.45) is 4.12. The molecule has 1 saturated heterocycles. The number of ether oxygens (including phenoxy) is 1. The molecule has 2 rings (SSSR count). The summed E-state index contributed by atoms with van der Waals surface area (Å²) in [6.45, 7) is 5.27. The minimum atomic E-state index is 0.246. The van der Waals surface area contributed by atoms with E-state index in [4.69, 9.17) is 17.0 Å². The standard InChI is InChI=1S/C15H21N3O2S/c1-10-6-12(7-11(2)14(10)19)8-17-18-15(21)16-9-13-4-3-5-20-13/h6-8,13,19H,3-5,9H2,1-2H3,(H2,16,18,21)/b17-8+/t13-/m1/s1. The van der Waals surface area contributed by atoms with Crippen LogP contribution in [0.25, 0.3) is 0 Å². The molecule has 1 atom stereocenters. The highest BCUT2D eigenvalue weighted by molar-refractivity contribution is 7.80. The van der Waals surface area contributed by atoms with Gasteiger partial charge in [-0.1, -0.05) is 0 Å². The maximum Gasteiger partial charge on any atom is 0.187 e. The number of aromatic hydroxyl groups is 1. The number of nitrogens with one attached hydrogen (secondary N) is 2. The molecule has 0 radical (unpaired) electrons. The third-order valence-corrected chi connectivity index (χ3v) is 3.64. The van der Waals surface area contributed by atoms with Gasteiger partial charge in [0.05, 0.1) is 12.3 Å². The van der Waals surface area contributed by atoms with Crippen LogP contribution in [0.2, 0.25) is 0 Å². The summed E-state index contributed by atoms with van der Waals surface area (Å²) in [5.74, 6) is 0.328. The van der Waals surface area contributed by atoms with E-state index < -0.39 is 0 Å². The van der Waals surface area contributed by atoms with E-state index in [0.717, 1.165) is 36.1 Å². The lowest BCUT2D eigenvalue weighted by molar-refractivity contribution is 0.114. The third-order valence-electron chi connectivity index (χ3n) is 3.41. The molecule has 1 aliphatic heterocycles. The Morgan fingerprint density at radius 3 is 2.81 bits per heavy atom. The van der Waals surface area contributed by atoms with Gasteiger partial charge in [-0.2, -0.15) is 5.10 Å². The molecule has 0 spiro atoms. The van der Waals surface area contributed by atoms with Crippen LogP contribution in [0.5, 0.6) is 5.75 Å². The number of benzene rings is 1. The van der Waals surface area contributed by atoms with Crippen LogP contribution in [-0.2, 0) is 4.74 Å². The molecule has 21 heavy (non-hydrogen) atoms. The van der Waals surface area contributed by atoms with E-state index in [-0.39, 0.29) is 6.10 Å². The number of rotatable bonds is 4. The Hall–Kier alpha value is -1.66. The second-order valence-corrected chi connectivity index (χ2v) is 5.63. The fourth-order valence-corrected chi connectivity index (χ4v) is 2.42. The van der Waals surface area contributed by atoms with Crippen molar-refractivity contribution in [1.82, 2.24) is 10.7 Å². The Bertz CT molecular complexity index is 517. The van der Waals surface area contributed by atoms with Crippen molar-refractivity contribution in [1.29, 1.82) is 0 Å². The Labute approximate surface area is 130 Å². The molecule has 1 fully saturated rings. The lowest BCUT2D eigenvalue weighted by atomic mass is 10.1. The molecule has 0 saturated carbocycles. The molecular formula is C15H21N3O2S. The van der Waals surface area contributed by atoms with Gasteiger partial charge in [0.1, 0.15) is 5.75 Å². The molecule has 0 amide bonds. The van der Waals surface area contributed by atoms with Crippen molar-refractivity contribution in [3.05, 3.63) is 28.8 Å². The minimum absolute atomic E-state index is 0.246. The zero-order valence-electron chi connectivity index (χ0n) is 12.3. The summed E-state index contributed by atoms with van der Waals surface area (Å²) in [6, 6.07) is 3.74. The summed E-state index contributed by atoms with van der Waals surface area (Å²) >= 11 is 5.14. The van der Waals surface area contributed by atoms with Crippen LogP contribution in [0.3, 0.4) is 0 Å². The van der Waals surface area contributed by atoms with Crippen LogP contribution < -0.4 is 10.7 Å². The summed E-state index contributed by atoms with van der Waals surface area (Å²) in [5.41, 5.74) is 5.35. The molecule has 3 N–H and O–H groups in total. The Morgan fingerprint density at radius 2 is 2.19 bits per heavy atom. The van der Waals surface area contributed by atoms with E-state index in [1.807, 2.05) is 26.0 Å². The topological polar surface area (TPSA) is 65.9 Å². The summed E-state index contributed by atoms with van der Waals surface area (Å²) in [7, 11) is 0. The highest BCUT2D eigenvalue weighted by Gasteiger charge is 2.14. The molecular weight excluding hydrogens is 286 g/mol. The van der Waals surface area contributed by atoms with Crippen molar-refractivity contribution in [3.63, 3.8) is 0 Å². The molecule has 1 aliphatic rings. The smallest absolute Gasteiger partial charge is 0.187 e. The van der Waals surface area contributed by atoms with Gasteiger partial charge in [-0.25, -0.2) is 0 Å². The van der Waals surface area contributed by atoms with E-state index in [0.29, 0.717) is 17.4 Å². The van der Waals surface area contributed by atoms with Crippen LogP contribution in [-0.4, -0.2) is 35.7 Å². The Morgan fingerprint density at radius 1 is 1.48 bits per heavy atom. The number of nitrogens with zero attached hydrogens (tertiary/aromatic N) is 1. The van der Waals surface area contributed by atoms with Crippen LogP contribution >= 0.6 is 12.2 Å². The third kappa shape index (κ3) is 4.68. The molecule has 0 bridgehead atoms. The molecule has 1 aromatic rings. The summed E-state index contributed by atoms with van der Waals surface area (Å²) < 4.78 is 5.50. The van der Waals surface area contributed by atoms with E-state index in [1.165, 1.54) is 0 Å². The van der Waals surface area contributed by atoms with Gasteiger partial charge in [0.15, 0.2) is 5.11 Å². The van der Waals surface area contributed by atoms with Gasteiger partial charge in [-0.05, 0) is 67.7 Å². The van der Waals surface area contributed by atoms with Crippen molar-refractivity contribution in [2.75, 3.05) is 13.2 Å². The number of aryl methyl sites for hydroxylation is 2. The Balaban J connectivity index is 1.80. The molecule has 5 nitrogen and oxygen atoms in total. The normalized spacial score (nSPS) is 18.1. The number of phenolic OH excluding ortho intramolecular Hbond substituents is 1. The molecule has 1 heterocycles. The minimum Gasteiger partial charge on any atom is -0.507 e. The molecule has 0 unspecified atom stereocenters. The van der Waals surface area contributed by atoms with Gasteiger partial charge in [0, 0.05) is 13.2 Å². The fourth-order valence-electron chi connectivity index (χ4n) is 2.28. The van der Waals surface area contributed by atoms with Crippen LogP contribution in [0, 0.1) is 13.8 Å². The lowest BCUT2D eigenvalue weighted by Gasteiger charge is -2.11. The van der Waals surface area contributed by atoms with Crippen molar-refractivity contribution in [3.8, 4) is 5.75 Å². The van der Waals surface area contributed by atoms with Gasteiger partial charge in [0.2, 0.25) is 0 Å². The number of hydrogen-bond donors (Lipinski definition) is 3. The molecule has 0 aliphatic carbocycles. The van der Waals surface area contributed by atoms with Gasteiger partial charge >= 0.3 is 0 Å². The van der Waals surface area contributed by atoms with Gasteiger partial charge in [-0.15, -0.1) is 0 Å². The van der Waals surface area contributed by atoms with Crippen LogP contribution in [0.15, 0.2) is 17.2 Å². The van der Waals surface area contributed by atoms with E-state index in [9.17, 15) is 5.11 Å². The summed E-state index contributed by atoms with van der Waals surface area (Å²) in [5, 5.41) is 17.4. The van der Waals surface area contributed by atoms with Crippen LogP contribution in [0.4, 0.5) is 0 Å². The zero-order valence-corrected chi connectivity index (χ0v) is 13.2. The van der Waals surface area contributed by atoms with Crippen molar-refractivity contribution in [2.45, 2.75) is 32.8 Å². The van der Waals surface area contributed by atoms with Crippen LogP contribution in [0.1, 0.15) is 29.5 Å². The highest BCUT2D eigenvalue weighted by atomic mass is 32.1. The largest absolute Gasteiger partial charge is 0.507 e. The number of hydrogen-bond acceptors (Lipinski definition) is 4. The van der Waals surface area contributed by atoms with Gasteiger partial charge < -0.3 is 15.2 Å². The maximum absolute atomic E-state index is 9.72. The van der Waals surface area contributed by atoms with E-state index in [1.54, 1.807) is 6.21 Å². The average Bonchev–Trinajstić information content (AvgIpc) is 2.96. The highest BCUT2D eigenvalue weighted by Crippen LogP contribution is 2.21. The predicted octanol–water partition coefficient (Wildman–Crippen LogP) is 1.99. The monoisotopic (exact) mass is 307 g/mol. The SMILES string of the molecule is Cc1cc(/C=N/NC(=S)NC[C@H]2CCCO2)cc(C)c1O. The first-order chi connectivity index (χ1) is 10.1.